The fourth-order valence-corrected chi connectivity index (χ4v) is 3.47. The zero-order valence-corrected chi connectivity index (χ0v) is 15.9. The Morgan fingerprint density at radius 3 is 2.16 bits per heavy atom. The maximum atomic E-state index is 12.3. The molecule has 4 nitrogen and oxygen atoms in total. The first kappa shape index (κ1) is 19.2. The van der Waals surface area contributed by atoms with Gasteiger partial charge in [0.1, 0.15) is 6.61 Å². The molecule has 2 rings (SSSR count). The quantitative estimate of drug-likeness (QED) is 0.752. The molecule has 25 heavy (non-hydrogen) atoms. The average Bonchev–Trinajstić information content (AvgIpc) is 2.59. The van der Waals surface area contributed by atoms with Gasteiger partial charge >= 0.3 is 5.97 Å². The van der Waals surface area contributed by atoms with Crippen LogP contribution in [0.25, 0.3) is 0 Å². The number of rotatable bonds is 5. The van der Waals surface area contributed by atoms with Gasteiger partial charge in [0.25, 0.3) is 0 Å². The van der Waals surface area contributed by atoms with Gasteiger partial charge in [-0.05, 0) is 28.7 Å². The Morgan fingerprint density at radius 1 is 1.00 bits per heavy atom. The lowest BCUT2D eigenvalue weighted by atomic mass is 9.87. The van der Waals surface area contributed by atoms with Crippen molar-refractivity contribution in [2.75, 3.05) is 5.75 Å². The molecule has 0 aromatic heterocycles. The molecule has 0 spiro atoms. The molecule has 0 saturated carbocycles. The molecular formula is C20H24O4S. The highest BCUT2D eigenvalue weighted by Gasteiger charge is 2.21. The van der Waals surface area contributed by atoms with Gasteiger partial charge in [0.05, 0.1) is 16.2 Å². The van der Waals surface area contributed by atoms with Gasteiger partial charge in [0.15, 0.2) is 9.84 Å². The van der Waals surface area contributed by atoms with Crippen LogP contribution in [0.4, 0.5) is 0 Å². The lowest BCUT2D eigenvalue weighted by Crippen LogP contribution is -2.13. The molecule has 0 bridgehead atoms. The summed E-state index contributed by atoms with van der Waals surface area (Å²) in [4.78, 5) is 12.4. The van der Waals surface area contributed by atoms with Gasteiger partial charge in [0.2, 0.25) is 0 Å². The molecule has 2 aromatic carbocycles. The van der Waals surface area contributed by atoms with E-state index >= 15 is 0 Å². The number of carbonyl (C=O) groups is 1. The Bertz CT molecular complexity index is 844. The van der Waals surface area contributed by atoms with Gasteiger partial charge in [0, 0.05) is 0 Å². The van der Waals surface area contributed by atoms with E-state index in [0.717, 1.165) is 5.56 Å². The molecule has 0 aliphatic rings. The van der Waals surface area contributed by atoms with Crippen LogP contribution in [0.3, 0.4) is 0 Å². The zero-order chi connectivity index (χ0) is 18.7. The number of hydrogen-bond acceptors (Lipinski definition) is 4. The highest BCUT2D eigenvalue weighted by molar-refractivity contribution is 7.91. The topological polar surface area (TPSA) is 60.4 Å². The van der Waals surface area contributed by atoms with E-state index in [9.17, 15) is 13.2 Å². The second kappa shape index (κ2) is 7.40. The van der Waals surface area contributed by atoms with Crippen LogP contribution in [0, 0.1) is 0 Å². The van der Waals surface area contributed by atoms with Crippen molar-refractivity contribution in [3.05, 3.63) is 65.2 Å². The lowest BCUT2D eigenvalue weighted by molar-refractivity contribution is 0.0468. The SMILES string of the molecule is CCS(=O)(=O)c1ccccc1C(=O)OCc1ccc(C(C)(C)C)cc1. The normalized spacial score (nSPS) is 12.0. The molecule has 0 saturated heterocycles. The van der Waals surface area contributed by atoms with Crippen molar-refractivity contribution in [3.63, 3.8) is 0 Å². The Hall–Kier alpha value is -2.14. The molecule has 0 N–H and O–H groups in total. The van der Waals surface area contributed by atoms with Crippen molar-refractivity contribution in [2.45, 2.75) is 44.6 Å². The minimum atomic E-state index is -3.48. The number of esters is 1. The molecule has 134 valence electrons. The monoisotopic (exact) mass is 360 g/mol. The summed E-state index contributed by atoms with van der Waals surface area (Å²) in [7, 11) is -3.48. The predicted octanol–water partition coefficient (Wildman–Crippen LogP) is 4.13. The van der Waals surface area contributed by atoms with Crippen LogP contribution in [0.5, 0.6) is 0 Å². The number of carbonyl (C=O) groups excluding carboxylic acids is 1. The molecule has 5 heteroatoms. The summed E-state index contributed by atoms with van der Waals surface area (Å²) in [5, 5.41) is 0. The van der Waals surface area contributed by atoms with Gasteiger partial charge in [-0.25, -0.2) is 13.2 Å². The molecule has 2 aromatic rings. The van der Waals surface area contributed by atoms with Crippen LogP contribution in [0.2, 0.25) is 0 Å². The second-order valence-electron chi connectivity index (χ2n) is 6.92. The minimum absolute atomic E-state index is 0.0191. The number of benzene rings is 2. The van der Waals surface area contributed by atoms with Gasteiger partial charge < -0.3 is 4.74 Å². The van der Waals surface area contributed by atoms with E-state index in [0.29, 0.717) is 0 Å². The molecule has 0 atom stereocenters. The molecule has 0 aliphatic carbocycles. The van der Waals surface area contributed by atoms with Crippen LogP contribution < -0.4 is 0 Å². The van der Waals surface area contributed by atoms with Crippen LogP contribution in [-0.4, -0.2) is 20.1 Å². The fourth-order valence-electron chi connectivity index (χ4n) is 2.39. The van der Waals surface area contributed by atoms with E-state index < -0.39 is 15.8 Å². The van der Waals surface area contributed by atoms with Gasteiger partial charge in [-0.2, -0.15) is 0 Å². The third-order valence-corrected chi connectivity index (χ3v) is 5.80. The van der Waals surface area contributed by atoms with Crippen molar-refractivity contribution in [2.24, 2.45) is 0 Å². The third-order valence-electron chi connectivity index (χ3n) is 4.01. The summed E-state index contributed by atoms with van der Waals surface area (Å²) in [6.07, 6.45) is 0. The van der Waals surface area contributed by atoms with Crippen molar-refractivity contribution in [1.29, 1.82) is 0 Å². The highest BCUT2D eigenvalue weighted by Crippen LogP contribution is 2.23. The molecular weight excluding hydrogens is 336 g/mol. The van der Waals surface area contributed by atoms with Gasteiger partial charge in [-0.1, -0.05) is 64.1 Å². The molecule has 0 heterocycles. The summed E-state index contributed by atoms with van der Waals surface area (Å²) in [6, 6.07) is 14.0. The predicted molar refractivity (Wildman–Crippen MR) is 98.4 cm³/mol. The first-order valence-corrected chi connectivity index (χ1v) is 9.88. The third kappa shape index (κ3) is 4.69. The Kier molecular flexibility index (Phi) is 5.68. The van der Waals surface area contributed by atoms with Crippen molar-refractivity contribution in [3.8, 4) is 0 Å². The molecule has 0 radical (unpaired) electrons. The van der Waals surface area contributed by atoms with Gasteiger partial charge in [-0.15, -0.1) is 0 Å². The molecule has 0 fully saturated rings. The zero-order valence-electron chi connectivity index (χ0n) is 15.1. The maximum absolute atomic E-state index is 12.3. The van der Waals surface area contributed by atoms with Crippen LogP contribution in [0.1, 0.15) is 49.2 Å². The van der Waals surface area contributed by atoms with Crippen LogP contribution >= 0.6 is 0 Å². The summed E-state index contributed by atoms with van der Waals surface area (Å²) in [5.74, 6) is -0.696. The number of hydrogen-bond donors (Lipinski definition) is 0. The van der Waals surface area contributed by atoms with Crippen LogP contribution in [0.15, 0.2) is 53.4 Å². The van der Waals surface area contributed by atoms with E-state index in [2.05, 4.69) is 20.8 Å². The van der Waals surface area contributed by atoms with Crippen molar-refractivity contribution in [1.82, 2.24) is 0 Å². The minimum Gasteiger partial charge on any atom is -0.457 e. The standard InChI is InChI=1S/C20H24O4S/c1-5-25(22,23)18-9-7-6-8-17(18)19(21)24-14-15-10-12-16(13-11-15)20(2,3)4/h6-13H,5,14H2,1-4H3. The lowest BCUT2D eigenvalue weighted by Gasteiger charge is -2.19. The average molecular weight is 360 g/mol. The van der Waals surface area contributed by atoms with Crippen molar-refractivity contribution < 1.29 is 17.9 Å². The number of sulfone groups is 1. The smallest absolute Gasteiger partial charge is 0.339 e. The first-order chi connectivity index (χ1) is 11.6. The molecule has 0 aliphatic heterocycles. The van der Waals surface area contributed by atoms with E-state index in [1.807, 2.05) is 24.3 Å². The molecule has 0 amide bonds. The number of ether oxygens (including phenoxy) is 1. The maximum Gasteiger partial charge on any atom is 0.339 e. The second-order valence-corrected chi connectivity index (χ2v) is 9.17. The summed E-state index contributed by atoms with van der Waals surface area (Å²) in [6.45, 7) is 8.05. The van der Waals surface area contributed by atoms with Gasteiger partial charge in [-0.3, -0.25) is 0 Å². The summed E-state index contributed by atoms with van der Waals surface area (Å²) >= 11 is 0. The summed E-state index contributed by atoms with van der Waals surface area (Å²) < 4.78 is 29.6. The van der Waals surface area contributed by atoms with E-state index in [-0.39, 0.29) is 28.2 Å². The Labute approximate surface area is 149 Å². The summed E-state index contributed by atoms with van der Waals surface area (Å²) in [5.41, 5.74) is 2.19. The Morgan fingerprint density at radius 2 is 1.60 bits per heavy atom. The molecule has 0 unspecified atom stereocenters. The van der Waals surface area contributed by atoms with Crippen LogP contribution in [-0.2, 0) is 26.6 Å². The fraction of sp³-hybridized carbons (Fsp3) is 0.350. The largest absolute Gasteiger partial charge is 0.457 e. The van der Waals surface area contributed by atoms with E-state index in [1.54, 1.807) is 19.1 Å². The van der Waals surface area contributed by atoms with E-state index in [4.69, 9.17) is 4.74 Å². The first-order valence-electron chi connectivity index (χ1n) is 8.23. The van der Waals surface area contributed by atoms with Crippen molar-refractivity contribution >= 4 is 15.8 Å². The van der Waals surface area contributed by atoms with E-state index in [1.165, 1.54) is 17.7 Å². The highest BCUT2D eigenvalue weighted by atomic mass is 32.2. The Balaban J connectivity index is 2.14.